The van der Waals surface area contributed by atoms with Crippen LogP contribution in [-0.2, 0) is 9.59 Å². The molecule has 0 unspecified atom stereocenters. The van der Waals surface area contributed by atoms with E-state index in [-0.39, 0.29) is 24.2 Å². The Bertz CT molecular complexity index is 536. The van der Waals surface area contributed by atoms with Crippen molar-refractivity contribution in [3.8, 4) is 5.75 Å². The van der Waals surface area contributed by atoms with Crippen LogP contribution in [0.5, 0.6) is 5.75 Å². The van der Waals surface area contributed by atoms with Crippen LogP contribution in [0.2, 0.25) is 0 Å². The van der Waals surface area contributed by atoms with E-state index in [9.17, 15) is 18.4 Å². The third-order valence-electron chi connectivity index (χ3n) is 2.76. The average Bonchev–Trinajstić information content (AvgIpc) is 2.42. The fraction of sp³-hybridized carbons (Fsp3) is 0.467. The zero-order chi connectivity index (χ0) is 16.7. The van der Waals surface area contributed by atoms with Crippen molar-refractivity contribution in [1.82, 2.24) is 10.2 Å². The van der Waals surface area contributed by atoms with Gasteiger partial charge in [-0.1, -0.05) is 0 Å². The summed E-state index contributed by atoms with van der Waals surface area (Å²) < 4.78 is 31.2. The first-order valence-electron chi connectivity index (χ1n) is 6.98. The molecule has 0 saturated heterocycles. The van der Waals surface area contributed by atoms with Gasteiger partial charge in [-0.25, -0.2) is 8.78 Å². The highest BCUT2D eigenvalue weighted by Crippen LogP contribution is 2.17. The Morgan fingerprint density at radius 1 is 1.32 bits per heavy atom. The second kappa shape index (κ2) is 8.31. The molecular formula is C15H20F2N2O3. The number of ether oxygens (including phenoxy) is 1. The van der Waals surface area contributed by atoms with Gasteiger partial charge in [0.2, 0.25) is 5.91 Å². The molecule has 0 aliphatic rings. The number of amides is 2. The molecule has 122 valence electrons. The zero-order valence-electron chi connectivity index (χ0n) is 12.9. The van der Waals surface area contributed by atoms with Gasteiger partial charge in [0.25, 0.3) is 5.91 Å². The van der Waals surface area contributed by atoms with Gasteiger partial charge in [0, 0.05) is 18.7 Å². The third-order valence-corrected chi connectivity index (χ3v) is 2.76. The SMILES string of the molecule is CCN(CC(=O)NC(C)C)C(=O)COc1ccc(F)cc1F. The Balaban J connectivity index is 2.56. The molecule has 0 spiro atoms. The number of nitrogens with zero attached hydrogens (tertiary/aromatic N) is 1. The number of benzene rings is 1. The van der Waals surface area contributed by atoms with Gasteiger partial charge in [-0.2, -0.15) is 0 Å². The van der Waals surface area contributed by atoms with Crippen LogP contribution in [0.1, 0.15) is 20.8 Å². The number of carbonyl (C=O) groups excluding carboxylic acids is 2. The summed E-state index contributed by atoms with van der Waals surface area (Å²) >= 11 is 0. The van der Waals surface area contributed by atoms with E-state index in [2.05, 4.69) is 5.32 Å². The molecule has 1 rings (SSSR count). The Labute approximate surface area is 128 Å². The lowest BCUT2D eigenvalue weighted by Gasteiger charge is -2.21. The first-order valence-corrected chi connectivity index (χ1v) is 6.98. The van der Waals surface area contributed by atoms with E-state index in [1.165, 1.54) is 4.90 Å². The van der Waals surface area contributed by atoms with Crippen molar-refractivity contribution < 1.29 is 23.1 Å². The van der Waals surface area contributed by atoms with E-state index in [4.69, 9.17) is 4.74 Å². The van der Waals surface area contributed by atoms with Crippen molar-refractivity contribution in [2.75, 3.05) is 19.7 Å². The monoisotopic (exact) mass is 314 g/mol. The minimum absolute atomic E-state index is 0.0223. The highest BCUT2D eigenvalue weighted by molar-refractivity contribution is 5.85. The lowest BCUT2D eigenvalue weighted by Crippen LogP contribution is -2.44. The van der Waals surface area contributed by atoms with Gasteiger partial charge in [-0.05, 0) is 32.9 Å². The first kappa shape index (κ1) is 17.9. The molecule has 2 amide bonds. The van der Waals surface area contributed by atoms with E-state index in [0.717, 1.165) is 12.1 Å². The summed E-state index contributed by atoms with van der Waals surface area (Å²) in [4.78, 5) is 24.9. The van der Waals surface area contributed by atoms with Crippen LogP contribution in [0, 0.1) is 11.6 Å². The standard InChI is InChI=1S/C15H20F2N2O3/c1-4-19(8-14(20)18-10(2)3)15(21)9-22-13-6-5-11(16)7-12(13)17/h5-7,10H,4,8-9H2,1-3H3,(H,18,20). The number of likely N-dealkylation sites (N-methyl/N-ethyl adjacent to an activating group) is 1. The van der Waals surface area contributed by atoms with Crippen LogP contribution in [-0.4, -0.2) is 42.5 Å². The van der Waals surface area contributed by atoms with E-state index in [1.807, 2.05) is 13.8 Å². The lowest BCUT2D eigenvalue weighted by atomic mass is 10.3. The Morgan fingerprint density at radius 3 is 2.55 bits per heavy atom. The van der Waals surface area contributed by atoms with Crippen LogP contribution in [0.15, 0.2) is 18.2 Å². The van der Waals surface area contributed by atoms with Gasteiger partial charge >= 0.3 is 0 Å². The molecule has 22 heavy (non-hydrogen) atoms. The summed E-state index contributed by atoms with van der Waals surface area (Å²) in [6.45, 7) is 5.15. The number of carbonyl (C=O) groups is 2. The summed E-state index contributed by atoms with van der Waals surface area (Å²) in [5.74, 6) is -2.55. The smallest absolute Gasteiger partial charge is 0.260 e. The van der Waals surface area contributed by atoms with Crippen molar-refractivity contribution in [2.24, 2.45) is 0 Å². The van der Waals surface area contributed by atoms with Crippen LogP contribution in [0.3, 0.4) is 0 Å². The lowest BCUT2D eigenvalue weighted by molar-refractivity contribution is -0.137. The molecule has 0 radical (unpaired) electrons. The summed E-state index contributed by atoms with van der Waals surface area (Å²) in [6.07, 6.45) is 0. The van der Waals surface area contributed by atoms with E-state index >= 15 is 0 Å². The average molecular weight is 314 g/mol. The molecule has 0 heterocycles. The van der Waals surface area contributed by atoms with Crippen LogP contribution >= 0.6 is 0 Å². The molecule has 7 heteroatoms. The molecule has 0 aromatic heterocycles. The Kier molecular flexibility index (Phi) is 6.75. The van der Waals surface area contributed by atoms with Crippen molar-refractivity contribution in [3.63, 3.8) is 0 Å². The molecule has 1 aromatic rings. The quantitative estimate of drug-likeness (QED) is 0.833. The first-order chi connectivity index (χ1) is 10.3. The molecule has 0 atom stereocenters. The second-order valence-electron chi connectivity index (χ2n) is 4.99. The fourth-order valence-electron chi connectivity index (χ4n) is 1.74. The van der Waals surface area contributed by atoms with E-state index in [0.29, 0.717) is 12.6 Å². The molecule has 0 saturated carbocycles. The van der Waals surface area contributed by atoms with Crippen molar-refractivity contribution in [1.29, 1.82) is 0 Å². The molecule has 5 nitrogen and oxygen atoms in total. The van der Waals surface area contributed by atoms with Gasteiger partial charge in [0.05, 0.1) is 6.54 Å². The maximum Gasteiger partial charge on any atom is 0.260 e. The highest BCUT2D eigenvalue weighted by Gasteiger charge is 2.17. The van der Waals surface area contributed by atoms with Crippen molar-refractivity contribution in [2.45, 2.75) is 26.8 Å². The van der Waals surface area contributed by atoms with Gasteiger partial charge in [-0.3, -0.25) is 9.59 Å². The number of halogens is 2. The van der Waals surface area contributed by atoms with Crippen molar-refractivity contribution >= 4 is 11.8 Å². The highest BCUT2D eigenvalue weighted by atomic mass is 19.1. The summed E-state index contributed by atoms with van der Waals surface area (Å²) in [7, 11) is 0. The topological polar surface area (TPSA) is 58.6 Å². The molecule has 0 bridgehead atoms. The summed E-state index contributed by atoms with van der Waals surface area (Å²) in [5, 5.41) is 2.68. The zero-order valence-corrected chi connectivity index (χ0v) is 12.9. The van der Waals surface area contributed by atoms with Crippen LogP contribution < -0.4 is 10.1 Å². The number of hydrogen-bond acceptors (Lipinski definition) is 3. The molecule has 0 fully saturated rings. The maximum atomic E-state index is 13.4. The molecular weight excluding hydrogens is 294 g/mol. The van der Waals surface area contributed by atoms with Gasteiger partial charge in [0.15, 0.2) is 18.2 Å². The summed E-state index contributed by atoms with van der Waals surface area (Å²) in [5.41, 5.74) is 0. The second-order valence-corrected chi connectivity index (χ2v) is 4.99. The molecule has 1 N–H and O–H groups in total. The van der Waals surface area contributed by atoms with Crippen molar-refractivity contribution in [3.05, 3.63) is 29.8 Å². The normalized spacial score (nSPS) is 10.5. The number of nitrogens with one attached hydrogen (secondary N) is 1. The minimum Gasteiger partial charge on any atom is -0.481 e. The van der Waals surface area contributed by atoms with E-state index < -0.39 is 24.1 Å². The van der Waals surface area contributed by atoms with Gasteiger partial charge in [0.1, 0.15) is 5.82 Å². The Morgan fingerprint density at radius 2 is 2.00 bits per heavy atom. The minimum atomic E-state index is -0.881. The molecule has 0 aliphatic carbocycles. The van der Waals surface area contributed by atoms with Crippen LogP contribution in [0.4, 0.5) is 8.78 Å². The van der Waals surface area contributed by atoms with Gasteiger partial charge < -0.3 is 15.0 Å². The number of hydrogen-bond donors (Lipinski definition) is 1. The molecule has 0 aliphatic heterocycles. The van der Waals surface area contributed by atoms with Crippen LogP contribution in [0.25, 0.3) is 0 Å². The predicted octanol–water partition coefficient (Wildman–Crippen LogP) is 1.72. The number of rotatable bonds is 7. The van der Waals surface area contributed by atoms with E-state index in [1.54, 1.807) is 6.92 Å². The predicted molar refractivity (Wildman–Crippen MR) is 77.4 cm³/mol. The van der Waals surface area contributed by atoms with Gasteiger partial charge in [-0.15, -0.1) is 0 Å². The summed E-state index contributed by atoms with van der Waals surface area (Å²) in [6, 6.07) is 2.80. The fourth-order valence-corrected chi connectivity index (χ4v) is 1.74. The largest absolute Gasteiger partial charge is 0.481 e. The Hall–Kier alpha value is -2.18. The maximum absolute atomic E-state index is 13.4. The molecule has 1 aromatic carbocycles. The third kappa shape index (κ3) is 5.67.